The van der Waals surface area contributed by atoms with Gasteiger partial charge >= 0.3 is 12.4 Å². The van der Waals surface area contributed by atoms with Gasteiger partial charge < -0.3 is 10.1 Å². The van der Waals surface area contributed by atoms with Gasteiger partial charge in [-0.3, -0.25) is 4.98 Å². The predicted octanol–water partition coefficient (Wildman–Crippen LogP) is 6.50. The van der Waals surface area contributed by atoms with Crippen LogP contribution in [0.2, 0.25) is 0 Å². The number of hydrogen-bond acceptors (Lipinski definition) is 5. The number of hydrogen-bond donors (Lipinski definition) is 1. The van der Waals surface area contributed by atoms with Crippen molar-refractivity contribution in [2.75, 3.05) is 5.32 Å². The van der Waals surface area contributed by atoms with Crippen LogP contribution in [0.25, 0.3) is 11.0 Å². The zero-order valence-electron chi connectivity index (χ0n) is 16.4. The highest BCUT2D eigenvalue weighted by atomic mass is 19.4. The number of ether oxygens (including phenoxy) is 1. The molecule has 0 saturated heterocycles. The monoisotopic (exact) mass is 462 g/mol. The number of nitrogens with zero attached hydrogens (tertiary/aromatic N) is 3. The molecule has 1 N–H and O–H groups in total. The Kier molecular flexibility index (Phi) is 4.66. The van der Waals surface area contributed by atoms with Crippen LogP contribution in [0.15, 0.2) is 54.9 Å². The molecule has 4 heterocycles. The fourth-order valence-corrected chi connectivity index (χ4v) is 3.55. The lowest BCUT2D eigenvalue weighted by molar-refractivity contribution is -0.139. The number of alkyl halides is 6. The molecule has 0 bridgehead atoms. The normalized spacial score (nSPS) is 13.2. The van der Waals surface area contributed by atoms with Crippen LogP contribution in [-0.2, 0) is 18.8 Å². The van der Waals surface area contributed by atoms with Crippen molar-refractivity contribution >= 4 is 22.4 Å². The third-order valence-corrected chi connectivity index (χ3v) is 5.09. The topological polar surface area (TPSA) is 59.9 Å². The summed E-state index contributed by atoms with van der Waals surface area (Å²) in [7, 11) is 0. The third kappa shape index (κ3) is 3.90. The van der Waals surface area contributed by atoms with Crippen LogP contribution in [0.5, 0.6) is 11.5 Å². The molecule has 11 heteroatoms. The quantitative estimate of drug-likeness (QED) is 0.304. The summed E-state index contributed by atoms with van der Waals surface area (Å²) >= 11 is 0. The van der Waals surface area contributed by atoms with E-state index >= 15 is 0 Å². The molecule has 0 spiro atoms. The van der Waals surface area contributed by atoms with Gasteiger partial charge in [-0.1, -0.05) is 0 Å². The van der Waals surface area contributed by atoms with Gasteiger partial charge in [0.2, 0.25) is 0 Å². The van der Waals surface area contributed by atoms with Gasteiger partial charge in [0.1, 0.15) is 0 Å². The molecule has 0 radical (unpaired) electrons. The van der Waals surface area contributed by atoms with Gasteiger partial charge in [0.05, 0.1) is 34.4 Å². The summed E-state index contributed by atoms with van der Waals surface area (Å²) in [5, 5.41) is 3.53. The van der Waals surface area contributed by atoms with Crippen molar-refractivity contribution in [3.63, 3.8) is 0 Å². The largest absolute Gasteiger partial charge is 0.451 e. The van der Waals surface area contributed by atoms with Gasteiger partial charge in [-0.2, -0.15) is 26.3 Å². The van der Waals surface area contributed by atoms with Crippen LogP contribution in [0.3, 0.4) is 0 Å². The molecule has 168 valence electrons. The van der Waals surface area contributed by atoms with Crippen LogP contribution >= 0.6 is 0 Å². The molecule has 1 aliphatic rings. The number of nitrogens with one attached hydrogen (secondary N) is 1. The molecule has 0 fully saturated rings. The Hall–Kier alpha value is -3.89. The highest BCUT2D eigenvalue weighted by molar-refractivity contribution is 5.96. The van der Waals surface area contributed by atoms with Crippen LogP contribution in [0, 0.1) is 0 Å². The first-order valence-electron chi connectivity index (χ1n) is 9.55. The number of rotatable bonds is 2. The number of anilines is 2. The van der Waals surface area contributed by atoms with Crippen LogP contribution < -0.4 is 10.1 Å². The molecule has 0 aliphatic carbocycles. The van der Waals surface area contributed by atoms with Crippen molar-refractivity contribution in [1.29, 1.82) is 0 Å². The molecule has 0 unspecified atom stereocenters. The molecule has 1 aromatic carbocycles. The minimum Gasteiger partial charge on any atom is -0.451 e. The standard InChI is InChI=1S/C22H12F6N4O/c23-21(24,25)11-3-6-15-17(8-11)33-18-10-30-20-13(19(18)32-15)5-4-12(31-20)9-16-14(22(26,27)28)2-1-7-29-16/h1-8,10,32H,9H2. The Balaban J connectivity index is 1.49. The van der Waals surface area contributed by atoms with Crippen molar-refractivity contribution < 1.29 is 31.1 Å². The summed E-state index contributed by atoms with van der Waals surface area (Å²) in [5.41, 5.74) is -0.510. The minimum absolute atomic E-state index is 0.00196. The molecule has 1 aliphatic heterocycles. The average molecular weight is 462 g/mol. The van der Waals surface area contributed by atoms with Gasteiger partial charge in [0.25, 0.3) is 0 Å². The average Bonchev–Trinajstić information content (AvgIpc) is 2.76. The summed E-state index contributed by atoms with van der Waals surface area (Å²) in [6.45, 7) is 0. The lowest BCUT2D eigenvalue weighted by atomic mass is 10.1. The molecular weight excluding hydrogens is 450 g/mol. The van der Waals surface area contributed by atoms with E-state index in [2.05, 4.69) is 20.3 Å². The van der Waals surface area contributed by atoms with E-state index in [1.807, 2.05) is 0 Å². The summed E-state index contributed by atoms with van der Waals surface area (Å²) in [4.78, 5) is 12.4. The summed E-state index contributed by atoms with van der Waals surface area (Å²) in [6, 6.07) is 8.42. The molecule has 0 atom stereocenters. The molecule has 4 aromatic rings. The molecule has 5 nitrogen and oxygen atoms in total. The van der Waals surface area contributed by atoms with Gasteiger partial charge in [0.15, 0.2) is 17.1 Å². The summed E-state index contributed by atoms with van der Waals surface area (Å²) < 4.78 is 84.3. The van der Waals surface area contributed by atoms with E-state index in [0.717, 1.165) is 18.2 Å². The maximum atomic E-state index is 13.2. The van der Waals surface area contributed by atoms with Gasteiger partial charge in [-0.05, 0) is 42.5 Å². The first-order valence-corrected chi connectivity index (χ1v) is 9.55. The van der Waals surface area contributed by atoms with Crippen LogP contribution in [0.4, 0.5) is 37.7 Å². The second-order valence-corrected chi connectivity index (χ2v) is 7.28. The molecule has 5 rings (SSSR count). The van der Waals surface area contributed by atoms with Gasteiger partial charge in [0, 0.05) is 23.7 Å². The van der Waals surface area contributed by atoms with E-state index < -0.39 is 23.5 Å². The smallest absolute Gasteiger partial charge is 0.418 e. The predicted molar refractivity (Wildman–Crippen MR) is 106 cm³/mol. The Morgan fingerprint density at radius 3 is 2.45 bits per heavy atom. The van der Waals surface area contributed by atoms with Crippen molar-refractivity contribution in [1.82, 2.24) is 15.0 Å². The molecule has 3 aromatic heterocycles. The Morgan fingerprint density at radius 2 is 1.70 bits per heavy atom. The number of aromatic nitrogens is 3. The van der Waals surface area contributed by atoms with Crippen LogP contribution in [-0.4, -0.2) is 15.0 Å². The van der Waals surface area contributed by atoms with Crippen molar-refractivity contribution in [3.05, 3.63) is 77.4 Å². The molecule has 0 saturated carbocycles. The summed E-state index contributed by atoms with van der Waals surface area (Å²) in [5.74, 6) is 0.200. The SMILES string of the molecule is FC(F)(F)c1ccc2c(c1)Oc1cnc3nc(Cc4ncccc4C(F)(F)F)ccc3c1N2. The van der Waals surface area contributed by atoms with E-state index in [0.29, 0.717) is 22.5 Å². The van der Waals surface area contributed by atoms with E-state index in [1.165, 1.54) is 24.5 Å². The highest BCUT2D eigenvalue weighted by Crippen LogP contribution is 2.46. The summed E-state index contributed by atoms with van der Waals surface area (Å²) in [6.07, 6.45) is -6.63. The van der Waals surface area contributed by atoms with E-state index in [4.69, 9.17) is 4.74 Å². The van der Waals surface area contributed by atoms with Gasteiger partial charge in [-0.15, -0.1) is 0 Å². The molecule has 0 amide bonds. The Bertz CT molecular complexity index is 1380. The fraction of sp³-hybridized carbons (Fsp3) is 0.136. The number of pyridine rings is 3. The second-order valence-electron chi connectivity index (χ2n) is 7.28. The van der Waals surface area contributed by atoms with E-state index in [-0.39, 0.29) is 29.3 Å². The molecule has 33 heavy (non-hydrogen) atoms. The van der Waals surface area contributed by atoms with Crippen molar-refractivity contribution in [3.8, 4) is 11.5 Å². The zero-order valence-corrected chi connectivity index (χ0v) is 16.4. The minimum atomic E-state index is -4.54. The third-order valence-electron chi connectivity index (χ3n) is 5.09. The first kappa shape index (κ1) is 21.0. The lowest BCUT2D eigenvalue weighted by Crippen LogP contribution is -2.11. The van der Waals surface area contributed by atoms with E-state index in [9.17, 15) is 26.3 Å². The zero-order chi connectivity index (χ0) is 23.4. The fourth-order valence-electron chi connectivity index (χ4n) is 3.55. The van der Waals surface area contributed by atoms with Crippen LogP contribution in [0.1, 0.15) is 22.5 Å². The first-order chi connectivity index (χ1) is 15.6. The lowest BCUT2D eigenvalue weighted by Gasteiger charge is -2.23. The van der Waals surface area contributed by atoms with Crippen molar-refractivity contribution in [2.24, 2.45) is 0 Å². The maximum absolute atomic E-state index is 13.2. The molecular formula is C22H12F6N4O. The van der Waals surface area contributed by atoms with Crippen molar-refractivity contribution in [2.45, 2.75) is 18.8 Å². The number of fused-ring (bicyclic) bond motifs is 4. The Labute approximate surface area is 182 Å². The second kappa shape index (κ2) is 7.32. The number of benzene rings is 1. The van der Waals surface area contributed by atoms with Gasteiger partial charge in [-0.25, -0.2) is 9.97 Å². The Morgan fingerprint density at radius 1 is 0.879 bits per heavy atom. The highest BCUT2D eigenvalue weighted by Gasteiger charge is 2.34. The van der Waals surface area contributed by atoms with E-state index in [1.54, 1.807) is 12.1 Å². The number of halogens is 6. The maximum Gasteiger partial charge on any atom is 0.418 e.